The molecule has 0 amide bonds. The van der Waals surface area contributed by atoms with E-state index in [9.17, 15) is 0 Å². The second-order valence-electron chi connectivity index (χ2n) is 6.80. The minimum absolute atomic E-state index is 0.493. The van der Waals surface area contributed by atoms with Crippen molar-refractivity contribution in [2.24, 2.45) is 28.6 Å². The summed E-state index contributed by atoms with van der Waals surface area (Å²) in [6, 6.07) is 0. The van der Waals surface area contributed by atoms with Crippen LogP contribution in [0.25, 0.3) is 0 Å². The van der Waals surface area contributed by atoms with Gasteiger partial charge in [-0.1, -0.05) is 48.5 Å². The Balaban J connectivity index is 2.61. The predicted octanol–water partition coefficient (Wildman–Crippen LogP) is 4.35. The first-order valence-corrected chi connectivity index (χ1v) is 5.68. The van der Waals surface area contributed by atoms with Crippen molar-refractivity contribution >= 4 is 0 Å². The fraction of sp³-hybridized carbons (Fsp3) is 1.00. The molecule has 0 aliphatic heterocycles. The van der Waals surface area contributed by atoms with Crippen LogP contribution in [0.5, 0.6) is 0 Å². The van der Waals surface area contributed by atoms with Gasteiger partial charge in [0.25, 0.3) is 0 Å². The van der Waals surface area contributed by atoms with Crippen molar-refractivity contribution in [3.63, 3.8) is 0 Å². The molecule has 0 radical (unpaired) electrons. The van der Waals surface area contributed by atoms with E-state index < -0.39 is 0 Å². The molecule has 0 spiro atoms. The van der Waals surface area contributed by atoms with Crippen LogP contribution in [0.4, 0.5) is 0 Å². The summed E-state index contributed by atoms with van der Waals surface area (Å²) in [5.41, 5.74) is 1.12. The first-order valence-electron chi connectivity index (χ1n) is 5.68. The number of hydrogen-bond donors (Lipinski definition) is 0. The van der Waals surface area contributed by atoms with E-state index in [1.165, 1.54) is 6.42 Å². The fourth-order valence-electron chi connectivity index (χ4n) is 3.60. The summed E-state index contributed by atoms with van der Waals surface area (Å²) in [5.74, 6) is 2.76. The Morgan fingerprint density at radius 2 is 1.69 bits per heavy atom. The second-order valence-corrected chi connectivity index (χ2v) is 6.80. The van der Waals surface area contributed by atoms with E-state index in [1.54, 1.807) is 0 Å². The molecule has 1 fully saturated rings. The first-order chi connectivity index (χ1) is 5.68. The molecule has 0 saturated heterocycles. The van der Waals surface area contributed by atoms with Crippen LogP contribution in [0.15, 0.2) is 0 Å². The highest BCUT2D eigenvalue weighted by molar-refractivity contribution is 5.07. The monoisotopic (exact) mass is 182 g/mol. The van der Waals surface area contributed by atoms with Gasteiger partial charge in [-0.2, -0.15) is 0 Å². The topological polar surface area (TPSA) is 0 Å². The molecular formula is C13H26. The Hall–Kier alpha value is 0. The molecule has 1 rings (SSSR count). The summed E-state index contributed by atoms with van der Waals surface area (Å²) < 4.78 is 0. The molecule has 3 unspecified atom stereocenters. The van der Waals surface area contributed by atoms with E-state index in [4.69, 9.17) is 0 Å². The molecule has 0 aromatic heterocycles. The molecular weight excluding hydrogens is 156 g/mol. The standard InChI is InChI=1S/C13H26/c1-9(2)11-10(3)13(11,7)8-12(4,5)6/h9-11H,8H2,1-7H3. The molecule has 3 atom stereocenters. The minimum atomic E-state index is 0.493. The van der Waals surface area contributed by atoms with Crippen molar-refractivity contribution in [3.05, 3.63) is 0 Å². The largest absolute Gasteiger partial charge is 0.0625 e. The van der Waals surface area contributed by atoms with Crippen LogP contribution >= 0.6 is 0 Å². The SMILES string of the molecule is CC(C)C1C(C)C1(C)CC(C)(C)C. The maximum atomic E-state index is 2.48. The number of hydrogen-bond acceptors (Lipinski definition) is 0. The van der Waals surface area contributed by atoms with Gasteiger partial charge >= 0.3 is 0 Å². The lowest BCUT2D eigenvalue weighted by Gasteiger charge is -2.25. The van der Waals surface area contributed by atoms with Gasteiger partial charge in [0.2, 0.25) is 0 Å². The zero-order valence-corrected chi connectivity index (χ0v) is 10.4. The summed E-state index contributed by atoms with van der Waals surface area (Å²) in [6.07, 6.45) is 1.38. The highest BCUT2D eigenvalue weighted by Crippen LogP contribution is 2.65. The minimum Gasteiger partial charge on any atom is -0.0625 e. The van der Waals surface area contributed by atoms with Gasteiger partial charge in [0.05, 0.1) is 0 Å². The van der Waals surface area contributed by atoms with Gasteiger partial charge in [-0.25, -0.2) is 0 Å². The molecule has 0 N–H and O–H groups in total. The van der Waals surface area contributed by atoms with Crippen LogP contribution in [0, 0.1) is 28.6 Å². The van der Waals surface area contributed by atoms with Gasteiger partial charge in [0, 0.05) is 0 Å². The lowest BCUT2D eigenvalue weighted by Crippen LogP contribution is -2.15. The van der Waals surface area contributed by atoms with Crippen molar-refractivity contribution in [2.45, 2.75) is 54.9 Å². The zero-order chi connectivity index (χ0) is 10.4. The molecule has 0 heterocycles. The second kappa shape index (κ2) is 3.00. The third kappa shape index (κ3) is 2.08. The van der Waals surface area contributed by atoms with Gasteiger partial charge in [-0.05, 0) is 35.0 Å². The van der Waals surface area contributed by atoms with Crippen LogP contribution in [-0.4, -0.2) is 0 Å². The summed E-state index contributed by atoms with van der Waals surface area (Å²) >= 11 is 0. The number of rotatable bonds is 2. The van der Waals surface area contributed by atoms with Gasteiger partial charge in [-0.3, -0.25) is 0 Å². The van der Waals surface area contributed by atoms with Crippen molar-refractivity contribution in [2.75, 3.05) is 0 Å². The summed E-state index contributed by atoms with van der Waals surface area (Å²) in [7, 11) is 0. The zero-order valence-electron chi connectivity index (χ0n) is 10.4. The average molecular weight is 182 g/mol. The van der Waals surface area contributed by atoms with Gasteiger partial charge in [-0.15, -0.1) is 0 Å². The molecule has 0 aromatic carbocycles. The summed E-state index contributed by atoms with van der Waals surface area (Å²) in [4.78, 5) is 0. The highest BCUT2D eigenvalue weighted by atomic mass is 14.6. The molecule has 78 valence electrons. The van der Waals surface area contributed by atoms with E-state index in [2.05, 4.69) is 48.5 Å². The Labute approximate surface area is 84.1 Å². The third-order valence-electron chi connectivity index (χ3n) is 3.86. The Kier molecular flexibility index (Phi) is 2.56. The Bertz CT molecular complexity index is 185. The molecule has 1 aliphatic carbocycles. The summed E-state index contributed by atoms with van der Waals surface area (Å²) in [6.45, 7) is 16.7. The molecule has 0 heteroatoms. The molecule has 1 saturated carbocycles. The predicted molar refractivity (Wildman–Crippen MR) is 59.7 cm³/mol. The molecule has 0 bridgehead atoms. The van der Waals surface area contributed by atoms with E-state index >= 15 is 0 Å². The van der Waals surface area contributed by atoms with E-state index in [0.717, 1.165) is 17.8 Å². The van der Waals surface area contributed by atoms with Crippen LogP contribution < -0.4 is 0 Å². The van der Waals surface area contributed by atoms with Crippen LogP contribution in [0.3, 0.4) is 0 Å². The van der Waals surface area contributed by atoms with Gasteiger partial charge in [0.15, 0.2) is 0 Å². The smallest absolute Gasteiger partial charge is 0.0259 e. The normalized spacial score (nSPS) is 39.7. The van der Waals surface area contributed by atoms with Crippen LogP contribution in [0.1, 0.15) is 54.9 Å². The quantitative estimate of drug-likeness (QED) is 0.595. The van der Waals surface area contributed by atoms with Crippen LogP contribution in [-0.2, 0) is 0 Å². The first kappa shape index (κ1) is 11.1. The Morgan fingerprint density at radius 1 is 1.23 bits per heavy atom. The Morgan fingerprint density at radius 3 is 1.92 bits per heavy atom. The highest BCUT2D eigenvalue weighted by Gasteiger charge is 2.59. The van der Waals surface area contributed by atoms with E-state index in [-0.39, 0.29) is 0 Å². The lowest BCUT2D eigenvalue weighted by atomic mass is 9.81. The van der Waals surface area contributed by atoms with Crippen molar-refractivity contribution in [3.8, 4) is 0 Å². The maximum Gasteiger partial charge on any atom is -0.0259 e. The van der Waals surface area contributed by atoms with Crippen LogP contribution in [0.2, 0.25) is 0 Å². The molecule has 1 aliphatic rings. The van der Waals surface area contributed by atoms with Crippen molar-refractivity contribution in [1.29, 1.82) is 0 Å². The average Bonchev–Trinajstić information content (AvgIpc) is 2.28. The molecule has 0 aromatic rings. The third-order valence-corrected chi connectivity index (χ3v) is 3.86. The molecule has 13 heavy (non-hydrogen) atoms. The lowest BCUT2D eigenvalue weighted by molar-refractivity contribution is 0.256. The molecule has 0 nitrogen and oxygen atoms in total. The maximum absolute atomic E-state index is 2.48. The van der Waals surface area contributed by atoms with E-state index in [1.807, 2.05) is 0 Å². The summed E-state index contributed by atoms with van der Waals surface area (Å²) in [5, 5.41) is 0. The van der Waals surface area contributed by atoms with Crippen molar-refractivity contribution < 1.29 is 0 Å². The van der Waals surface area contributed by atoms with Gasteiger partial charge < -0.3 is 0 Å². The fourth-order valence-corrected chi connectivity index (χ4v) is 3.60. The van der Waals surface area contributed by atoms with Gasteiger partial charge in [0.1, 0.15) is 0 Å². The van der Waals surface area contributed by atoms with Crippen molar-refractivity contribution in [1.82, 2.24) is 0 Å². The van der Waals surface area contributed by atoms with E-state index in [0.29, 0.717) is 10.8 Å².